The Morgan fingerprint density at radius 2 is 1.83 bits per heavy atom. The lowest BCUT2D eigenvalue weighted by Gasteiger charge is -2.23. The van der Waals surface area contributed by atoms with Crippen LogP contribution in [0.2, 0.25) is 0 Å². The van der Waals surface area contributed by atoms with Crippen LogP contribution in [-0.4, -0.2) is 56.3 Å². The van der Waals surface area contributed by atoms with Crippen molar-refractivity contribution in [3.63, 3.8) is 0 Å². The number of carbonyl (C=O) groups is 1. The molecule has 0 spiro atoms. The van der Waals surface area contributed by atoms with Crippen molar-refractivity contribution in [2.45, 2.75) is 45.1 Å². The highest BCUT2D eigenvalue weighted by Gasteiger charge is 2.22. The zero-order chi connectivity index (χ0) is 18.3. The van der Waals surface area contributed by atoms with Crippen molar-refractivity contribution in [3.05, 3.63) is 24.3 Å². The van der Waals surface area contributed by atoms with E-state index in [9.17, 15) is 13.2 Å². The number of anilines is 1. The molecule has 0 fully saturated rings. The molecule has 1 aromatic rings. The summed E-state index contributed by atoms with van der Waals surface area (Å²) in [4.78, 5) is 14.3. The minimum atomic E-state index is -3.53. The molecule has 136 valence electrons. The van der Waals surface area contributed by atoms with Gasteiger partial charge < -0.3 is 5.32 Å². The van der Waals surface area contributed by atoms with Crippen LogP contribution in [0.5, 0.6) is 0 Å². The number of hydrogen-bond donors (Lipinski definition) is 1. The van der Waals surface area contributed by atoms with Crippen LogP contribution in [0, 0.1) is 0 Å². The number of rotatable bonds is 9. The second kappa shape index (κ2) is 9.15. The number of nitrogens with zero attached hydrogens (tertiary/aromatic N) is 2. The van der Waals surface area contributed by atoms with Crippen LogP contribution in [0.1, 0.15) is 34.1 Å². The van der Waals surface area contributed by atoms with Gasteiger partial charge in [0.2, 0.25) is 15.9 Å². The van der Waals surface area contributed by atoms with Crippen LogP contribution in [0.25, 0.3) is 0 Å². The Bertz CT molecular complexity index is 642. The number of sulfonamides is 1. The molecule has 1 unspecified atom stereocenters. The summed E-state index contributed by atoms with van der Waals surface area (Å²) >= 11 is 0. The van der Waals surface area contributed by atoms with E-state index in [1.54, 1.807) is 32.0 Å². The van der Waals surface area contributed by atoms with Gasteiger partial charge in [0.05, 0.1) is 11.4 Å². The van der Waals surface area contributed by atoms with E-state index in [1.807, 2.05) is 11.9 Å². The fourth-order valence-electron chi connectivity index (χ4n) is 2.34. The first-order valence-corrected chi connectivity index (χ1v) is 9.80. The highest BCUT2D eigenvalue weighted by atomic mass is 32.2. The lowest BCUT2D eigenvalue weighted by molar-refractivity contribution is -0.117. The van der Waals surface area contributed by atoms with Crippen molar-refractivity contribution in [2.24, 2.45) is 0 Å². The molecule has 0 saturated carbocycles. The highest BCUT2D eigenvalue weighted by molar-refractivity contribution is 7.89. The molecule has 0 aliphatic heterocycles. The zero-order valence-electron chi connectivity index (χ0n) is 15.2. The smallest absolute Gasteiger partial charge is 0.243 e. The first-order chi connectivity index (χ1) is 11.3. The van der Waals surface area contributed by atoms with Crippen molar-refractivity contribution in [1.29, 1.82) is 0 Å². The quantitative estimate of drug-likeness (QED) is 0.738. The fraction of sp³-hybridized carbons (Fsp3) is 0.588. The second-order valence-corrected chi connectivity index (χ2v) is 7.78. The number of likely N-dealkylation sites (N-methyl/N-ethyl adjacent to an activating group) is 1. The largest absolute Gasteiger partial charge is 0.325 e. The Kier molecular flexibility index (Phi) is 7.86. The van der Waals surface area contributed by atoms with Gasteiger partial charge in [-0.05, 0) is 38.6 Å². The van der Waals surface area contributed by atoms with E-state index in [1.165, 1.54) is 10.4 Å². The molecule has 0 heterocycles. The van der Waals surface area contributed by atoms with Crippen molar-refractivity contribution in [2.75, 3.05) is 32.0 Å². The summed E-state index contributed by atoms with van der Waals surface area (Å²) in [5.41, 5.74) is 0.491. The zero-order valence-corrected chi connectivity index (χ0v) is 16.1. The number of carbonyl (C=O) groups excluding carboxylic acids is 1. The summed E-state index contributed by atoms with van der Waals surface area (Å²) in [6.07, 6.45) is 0.960. The van der Waals surface area contributed by atoms with Gasteiger partial charge in [0.1, 0.15) is 0 Å². The molecule has 1 amide bonds. The Balaban J connectivity index is 2.88. The van der Waals surface area contributed by atoms with Crippen molar-refractivity contribution >= 4 is 21.6 Å². The standard InChI is InChI=1S/C17H29N3O3S/c1-6-14(4)19(5)13-17(21)18-15-10-9-11-16(12-15)24(22,23)20(7-2)8-3/h9-12,14H,6-8,13H2,1-5H3,(H,18,21). The molecule has 0 saturated heterocycles. The SMILES string of the molecule is CCC(C)N(C)CC(=O)Nc1cccc(S(=O)(=O)N(CC)CC)c1. The molecule has 1 N–H and O–H groups in total. The second-order valence-electron chi connectivity index (χ2n) is 5.84. The van der Waals surface area contributed by atoms with Crippen molar-refractivity contribution in [3.8, 4) is 0 Å². The average Bonchev–Trinajstić information content (AvgIpc) is 2.54. The normalized spacial score (nSPS) is 13.3. The van der Waals surface area contributed by atoms with Gasteiger partial charge in [-0.3, -0.25) is 9.69 Å². The van der Waals surface area contributed by atoms with Gasteiger partial charge in [-0.25, -0.2) is 8.42 Å². The van der Waals surface area contributed by atoms with Crippen LogP contribution < -0.4 is 5.32 Å². The van der Waals surface area contributed by atoms with E-state index in [2.05, 4.69) is 19.2 Å². The van der Waals surface area contributed by atoms with Crippen LogP contribution in [-0.2, 0) is 14.8 Å². The monoisotopic (exact) mass is 355 g/mol. The van der Waals surface area contributed by atoms with Gasteiger partial charge in [-0.15, -0.1) is 0 Å². The van der Waals surface area contributed by atoms with Gasteiger partial charge >= 0.3 is 0 Å². The summed E-state index contributed by atoms with van der Waals surface area (Å²) in [5, 5.41) is 2.78. The van der Waals surface area contributed by atoms with E-state index in [0.29, 0.717) is 24.8 Å². The lowest BCUT2D eigenvalue weighted by atomic mass is 10.2. The lowest BCUT2D eigenvalue weighted by Crippen LogP contribution is -2.36. The van der Waals surface area contributed by atoms with E-state index >= 15 is 0 Å². The van der Waals surface area contributed by atoms with Crippen LogP contribution in [0.4, 0.5) is 5.69 Å². The van der Waals surface area contributed by atoms with Gasteiger partial charge in [-0.2, -0.15) is 4.31 Å². The predicted octanol–water partition coefficient (Wildman–Crippen LogP) is 2.39. The predicted molar refractivity (Wildman–Crippen MR) is 97.6 cm³/mol. The summed E-state index contributed by atoms with van der Waals surface area (Å²) in [5.74, 6) is -0.157. The molecule has 24 heavy (non-hydrogen) atoms. The first-order valence-electron chi connectivity index (χ1n) is 8.36. The van der Waals surface area contributed by atoms with E-state index in [0.717, 1.165) is 6.42 Å². The Labute approximate surface area is 145 Å². The summed E-state index contributed by atoms with van der Waals surface area (Å²) in [7, 11) is -1.63. The van der Waals surface area contributed by atoms with Gasteiger partial charge in [-0.1, -0.05) is 26.8 Å². The highest BCUT2D eigenvalue weighted by Crippen LogP contribution is 2.19. The van der Waals surface area contributed by atoms with Gasteiger partial charge in [0.15, 0.2) is 0 Å². The van der Waals surface area contributed by atoms with Crippen LogP contribution in [0.3, 0.4) is 0 Å². The van der Waals surface area contributed by atoms with Crippen molar-refractivity contribution < 1.29 is 13.2 Å². The molecular weight excluding hydrogens is 326 g/mol. The fourth-order valence-corrected chi connectivity index (χ4v) is 3.85. The molecular formula is C17H29N3O3S. The number of benzene rings is 1. The Hall–Kier alpha value is -1.44. The van der Waals surface area contributed by atoms with Crippen LogP contribution in [0.15, 0.2) is 29.2 Å². The van der Waals surface area contributed by atoms with E-state index in [4.69, 9.17) is 0 Å². The topological polar surface area (TPSA) is 69.7 Å². The van der Waals surface area contributed by atoms with Crippen molar-refractivity contribution in [1.82, 2.24) is 9.21 Å². The molecule has 0 aliphatic carbocycles. The molecule has 1 aromatic carbocycles. The minimum absolute atomic E-state index is 0.157. The third-order valence-corrected chi connectivity index (χ3v) is 6.24. The maximum Gasteiger partial charge on any atom is 0.243 e. The summed E-state index contributed by atoms with van der Waals surface area (Å²) < 4.78 is 26.5. The molecule has 7 heteroatoms. The van der Waals surface area contributed by atoms with Crippen LogP contribution >= 0.6 is 0 Å². The van der Waals surface area contributed by atoms with Gasteiger partial charge in [0.25, 0.3) is 0 Å². The Morgan fingerprint density at radius 3 is 2.38 bits per heavy atom. The molecule has 0 aromatic heterocycles. The third-order valence-electron chi connectivity index (χ3n) is 4.20. The third kappa shape index (κ3) is 5.29. The molecule has 0 radical (unpaired) electrons. The Morgan fingerprint density at radius 1 is 1.21 bits per heavy atom. The van der Waals surface area contributed by atoms with E-state index < -0.39 is 10.0 Å². The molecule has 0 aliphatic rings. The molecule has 6 nitrogen and oxygen atoms in total. The number of hydrogen-bond acceptors (Lipinski definition) is 4. The maximum atomic E-state index is 12.5. The molecule has 0 bridgehead atoms. The average molecular weight is 356 g/mol. The molecule has 1 rings (SSSR count). The maximum absolute atomic E-state index is 12.5. The first kappa shape index (κ1) is 20.6. The number of amides is 1. The van der Waals surface area contributed by atoms with E-state index in [-0.39, 0.29) is 17.3 Å². The summed E-state index contributed by atoms with van der Waals surface area (Å²) in [6.45, 7) is 8.83. The molecule has 1 atom stereocenters. The number of nitrogens with one attached hydrogen (secondary N) is 1. The minimum Gasteiger partial charge on any atom is -0.325 e. The summed E-state index contributed by atoms with van der Waals surface area (Å²) in [6, 6.07) is 6.71. The van der Waals surface area contributed by atoms with Gasteiger partial charge in [0, 0.05) is 24.8 Å².